The maximum absolute atomic E-state index is 10.8. The van der Waals surface area contributed by atoms with Crippen LogP contribution >= 0.6 is 0 Å². The Morgan fingerprint density at radius 2 is 2.25 bits per heavy atom. The number of hydrogen-bond donors (Lipinski definition) is 2. The fraction of sp³-hybridized carbons (Fsp3) is 0.562. The van der Waals surface area contributed by atoms with Gasteiger partial charge in [0.25, 0.3) is 0 Å². The van der Waals surface area contributed by atoms with Crippen LogP contribution in [0.5, 0.6) is 5.75 Å². The summed E-state index contributed by atoms with van der Waals surface area (Å²) in [6, 6.07) is 4.58. The molecule has 20 heavy (non-hydrogen) atoms. The van der Waals surface area contributed by atoms with Gasteiger partial charge in [0, 0.05) is 6.04 Å². The minimum absolute atomic E-state index is 0.277. The van der Waals surface area contributed by atoms with E-state index >= 15 is 0 Å². The van der Waals surface area contributed by atoms with E-state index in [-0.39, 0.29) is 6.61 Å². The lowest BCUT2D eigenvalue weighted by Gasteiger charge is -2.28. The molecule has 4 nitrogen and oxygen atoms in total. The third-order valence-corrected chi connectivity index (χ3v) is 3.93. The molecule has 1 aromatic carbocycles. The van der Waals surface area contributed by atoms with Gasteiger partial charge >= 0.3 is 5.97 Å². The lowest BCUT2D eigenvalue weighted by Crippen LogP contribution is -2.23. The number of aliphatic carboxylic acids is 1. The van der Waals surface area contributed by atoms with Crippen molar-refractivity contribution in [1.29, 1.82) is 0 Å². The van der Waals surface area contributed by atoms with Crippen LogP contribution in [-0.2, 0) is 11.2 Å². The molecule has 0 amide bonds. The average Bonchev–Trinajstić information content (AvgIpc) is 2.43. The number of rotatable bonds is 5. The number of carbonyl (C=O) groups is 1. The van der Waals surface area contributed by atoms with Gasteiger partial charge in [-0.1, -0.05) is 26.0 Å². The highest BCUT2D eigenvalue weighted by Gasteiger charge is 2.24. The molecule has 1 atom stereocenters. The Balaban J connectivity index is 2.45. The average molecular weight is 277 g/mol. The van der Waals surface area contributed by atoms with E-state index in [1.165, 1.54) is 11.1 Å². The summed E-state index contributed by atoms with van der Waals surface area (Å²) in [6.07, 6.45) is 3.18. The number of carboxylic acids is 1. The van der Waals surface area contributed by atoms with Crippen molar-refractivity contribution < 1.29 is 14.6 Å². The van der Waals surface area contributed by atoms with E-state index in [9.17, 15) is 4.79 Å². The quantitative estimate of drug-likeness (QED) is 0.869. The first-order valence-electron chi connectivity index (χ1n) is 7.22. The molecule has 1 aromatic rings. The van der Waals surface area contributed by atoms with Gasteiger partial charge in [-0.05, 0) is 48.9 Å². The van der Waals surface area contributed by atoms with Gasteiger partial charge in [0.2, 0.25) is 0 Å². The van der Waals surface area contributed by atoms with Crippen molar-refractivity contribution >= 4 is 5.97 Å². The molecule has 0 fully saturated rings. The Hall–Kier alpha value is -1.55. The van der Waals surface area contributed by atoms with Gasteiger partial charge in [0.15, 0.2) is 6.61 Å². The third-order valence-electron chi connectivity index (χ3n) is 3.93. The first kappa shape index (κ1) is 14.9. The minimum Gasteiger partial charge on any atom is -0.481 e. The van der Waals surface area contributed by atoms with Crippen molar-refractivity contribution in [2.75, 3.05) is 13.7 Å². The Labute approximate surface area is 120 Å². The molecular weight excluding hydrogens is 254 g/mol. The van der Waals surface area contributed by atoms with Crippen LogP contribution in [-0.4, -0.2) is 24.7 Å². The van der Waals surface area contributed by atoms with E-state index in [1.807, 2.05) is 7.05 Å². The zero-order valence-electron chi connectivity index (χ0n) is 12.4. The van der Waals surface area contributed by atoms with Crippen molar-refractivity contribution in [1.82, 2.24) is 5.32 Å². The lowest BCUT2D eigenvalue weighted by molar-refractivity contribution is -0.139. The van der Waals surface area contributed by atoms with Crippen LogP contribution in [0.3, 0.4) is 0 Å². The van der Waals surface area contributed by atoms with Gasteiger partial charge in [-0.25, -0.2) is 4.79 Å². The highest BCUT2D eigenvalue weighted by Crippen LogP contribution is 2.39. The van der Waals surface area contributed by atoms with Crippen LogP contribution in [0.15, 0.2) is 12.1 Å². The van der Waals surface area contributed by atoms with E-state index in [1.54, 1.807) is 0 Å². The maximum atomic E-state index is 10.8. The van der Waals surface area contributed by atoms with Crippen molar-refractivity contribution in [3.63, 3.8) is 0 Å². The lowest BCUT2D eigenvalue weighted by atomic mass is 9.84. The second-order valence-electron chi connectivity index (χ2n) is 5.62. The van der Waals surface area contributed by atoms with Crippen LogP contribution in [0.1, 0.15) is 55.3 Å². The predicted molar refractivity (Wildman–Crippen MR) is 78.4 cm³/mol. The first-order valence-corrected chi connectivity index (χ1v) is 7.22. The first-order chi connectivity index (χ1) is 9.54. The van der Waals surface area contributed by atoms with Gasteiger partial charge in [0.05, 0.1) is 0 Å². The molecule has 1 aliphatic rings. The summed E-state index contributed by atoms with van der Waals surface area (Å²) in [5, 5.41) is 12.2. The summed E-state index contributed by atoms with van der Waals surface area (Å²) < 4.78 is 5.62. The van der Waals surface area contributed by atoms with Crippen LogP contribution in [0.2, 0.25) is 0 Å². The van der Waals surface area contributed by atoms with Gasteiger partial charge < -0.3 is 15.2 Å². The fourth-order valence-corrected chi connectivity index (χ4v) is 2.94. The van der Waals surface area contributed by atoms with Gasteiger partial charge in [0.1, 0.15) is 5.75 Å². The summed E-state index contributed by atoms with van der Waals surface area (Å²) in [7, 11) is 1.97. The molecule has 0 aliphatic heterocycles. The number of hydrogen-bond acceptors (Lipinski definition) is 3. The Kier molecular flexibility index (Phi) is 4.65. The van der Waals surface area contributed by atoms with E-state index in [0.717, 1.165) is 30.6 Å². The molecule has 1 unspecified atom stereocenters. The Morgan fingerprint density at radius 1 is 1.50 bits per heavy atom. The normalized spacial score (nSPS) is 17.9. The van der Waals surface area contributed by atoms with Crippen LogP contribution < -0.4 is 10.1 Å². The van der Waals surface area contributed by atoms with E-state index in [4.69, 9.17) is 9.84 Å². The van der Waals surface area contributed by atoms with Crippen LogP contribution in [0, 0.1) is 0 Å². The topological polar surface area (TPSA) is 58.6 Å². The van der Waals surface area contributed by atoms with Crippen molar-refractivity contribution in [2.45, 2.75) is 45.1 Å². The SMILES string of the molecule is CNC1CCCc2c1ccc(C(C)C)c2OCC(=O)O. The van der Waals surface area contributed by atoms with Crippen LogP contribution in [0.25, 0.3) is 0 Å². The standard InChI is InChI=1S/C16H23NO3/c1-10(2)11-7-8-12-13(5-4-6-14(12)17-3)16(11)20-9-15(18)19/h7-8,10,14,17H,4-6,9H2,1-3H3,(H,18,19). The molecule has 0 radical (unpaired) electrons. The highest BCUT2D eigenvalue weighted by molar-refractivity contribution is 5.68. The smallest absolute Gasteiger partial charge is 0.341 e. The molecule has 110 valence electrons. The third kappa shape index (κ3) is 2.96. The molecule has 0 spiro atoms. The molecule has 0 bridgehead atoms. The summed E-state index contributed by atoms with van der Waals surface area (Å²) >= 11 is 0. The second kappa shape index (κ2) is 6.27. The van der Waals surface area contributed by atoms with Crippen LogP contribution in [0.4, 0.5) is 0 Å². The summed E-state index contributed by atoms with van der Waals surface area (Å²) in [4.78, 5) is 10.8. The number of nitrogens with one attached hydrogen (secondary N) is 1. The number of fused-ring (bicyclic) bond motifs is 1. The monoisotopic (exact) mass is 277 g/mol. The molecule has 0 heterocycles. The molecular formula is C16H23NO3. The zero-order chi connectivity index (χ0) is 14.7. The minimum atomic E-state index is -0.932. The molecule has 1 aliphatic carbocycles. The second-order valence-corrected chi connectivity index (χ2v) is 5.62. The predicted octanol–water partition coefficient (Wildman–Crippen LogP) is 2.87. The fourth-order valence-electron chi connectivity index (χ4n) is 2.94. The number of carboxylic acid groups (broad SMARTS) is 1. The van der Waals surface area contributed by atoms with Gasteiger partial charge in [-0.15, -0.1) is 0 Å². The zero-order valence-corrected chi connectivity index (χ0v) is 12.4. The van der Waals surface area contributed by atoms with Crippen molar-refractivity contribution in [3.05, 3.63) is 28.8 Å². The molecule has 0 aromatic heterocycles. The Morgan fingerprint density at radius 3 is 2.85 bits per heavy atom. The van der Waals surface area contributed by atoms with E-state index in [2.05, 4.69) is 31.3 Å². The summed E-state index contributed by atoms with van der Waals surface area (Å²) in [6.45, 7) is 3.93. The van der Waals surface area contributed by atoms with E-state index in [0.29, 0.717) is 12.0 Å². The summed E-state index contributed by atoms with van der Waals surface area (Å²) in [5.74, 6) is 0.178. The van der Waals surface area contributed by atoms with Gasteiger partial charge in [-0.3, -0.25) is 0 Å². The molecule has 4 heteroatoms. The maximum Gasteiger partial charge on any atom is 0.341 e. The molecule has 2 rings (SSSR count). The molecule has 0 saturated carbocycles. The largest absolute Gasteiger partial charge is 0.481 e. The number of ether oxygens (including phenoxy) is 1. The summed E-state index contributed by atoms with van der Waals surface area (Å²) in [5.41, 5.74) is 3.54. The number of benzene rings is 1. The highest BCUT2D eigenvalue weighted by atomic mass is 16.5. The molecule has 0 saturated heterocycles. The Bertz CT molecular complexity index is 497. The van der Waals surface area contributed by atoms with Crippen molar-refractivity contribution in [2.24, 2.45) is 0 Å². The van der Waals surface area contributed by atoms with Gasteiger partial charge in [-0.2, -0.15) is 0 Å². The van der Waals surface area contributed by atoms with E-state index < -0.39 is 5.97 Å². The molecule has 2 N–H and O–H groups in total. The van der Waals surface area contributed by atoms with Crippen molar-refractivity contribution in [3.8, 4) is 5.75 Å².